The largest absolute Gasteiger partial charge is 0.451 e. The summed E-state index contributed by atoms with van der Waals surface area (Å²) in [5, 5.41) is 3.79. The van der Waals surface area contributed by atoms with Crippen LogP contribution in [0.15, 0.2) is 30.3 Å². The van der Waals surface area contributed by atoms with Gasteiger partial charge in [-0.05, 0) is 24.5 Å². The molecule has 24 heavy (non-hydrogen) atoms. The lowest BCUT2D eigenvalue weighted by atomic mass is 9.99. The summed E-state index contributed by atoms with van der Waals surface area (Å²) in [5.41, 5.74) is 1.23. The van der Waals surface area contributed by atoms with Crippen molar-refractivity contribution >= 4 is 22.8 Å². The SMILES string of the molecule is CCCC[C@@H](CC)CNC(=O)COC(=O)c1cc2ccccc2[nH]1. The Labute approximate surface area is 142 Å². The van der Waals surface area contributed by atoms with Crippen molar-refractivity contribution < 1.29 is 14.3 Å². The van der Waals surface area contributed by atoms with Crippen LogP contribution in [0.4, 0.5) is 0 Å². The van der Waals surface area contributed by atoms with Crippen molar-refractivity contribution in [2.75, 3.05) is 13.2 Å². The van der Waals surface area contributed by atoms with Crippen LogP contribution in [0, 0.1) is 5.92 Å². The predicted octanol–water partition coefficient (Wildman–Crippen LogP) is 3.66. The Morgan fingerprint density at radius 1 is 1.25 bits per heavy atom. The molecule has 0 radical (unpaired) electrons. The zero-order valence-electron chi connectivity index (χ0n) is 14.4. The molecule has 0 spiro atoms. The van der Waals surface area contributed by atoms with Gasteiger partial charge in [-0.1, -0.05) is 51.3 Å². The molecule has 0 aliphatic carbocycles. The molecule has 0 aliphatic rings. The van der Waals surface area contributed by atoms with Gasteiger partial charge in [-0.15, -0.1) is 0 Å². The van der Waals surface area contributed by atoms with Crippen molar-refractivity contribution in [1.82, 2.24) is 10.3 Å². The van der Waals surface area contributed by atoms with Gasteiger partial charge < -0.3 is 15.0 Å². The summed E-state index contributed by atoms with van der Waals surface area (Å²) < 4.78 is 5.08. The molecule has 1 aromatic heterocycles. The van der Waals surface area contributed by atoms with Gasteiger partial charge in [0.2, 0.25) is 0 Å². The molecule has 1 heterocycles. The fourth-order valence-corrected chi connectivity index (χ4v) is 2.64. The van der Waals surface area contributed by atoms with Crippen LogP contribution in [0.1, 0.15) is 50.0 Å². The molecule has 0 bridgehead atoms. The maximum atomic E-state index is 12.0. The second-order valence-electron chi connectivity index (χ2n) is 6.07. The van der Waals surface area contributed by atoms with Gasteiger partial charge in [-0.3, -0.25) is 4.79 Å². The first-order valence-electron chi connectivity index (χ1n) is 8.65. The van der Waals surface area contributed by atoms with E-state index in [0.29, 0.717) is 18.2 Å². The van der Waals surface area contributed by atoms with Gasteiger partial charge in [-0.2, -0.15) is 0 Å². The highest BCUT2D eigenvalue weighted by molar-refractivity contribution is 5.95. The minimum atomic E-state index is -0.514. The smallest absolute Gasteiger partial charge is 0.355 e. The first kappa shape index (κ1) is 18.0. The number of H-pyrrole nitrogens is 1. The van der Waals surface area contributed by atoms with Crippen LogP contribution in [-0.2, 0) is 9.53 Å². The second-order valence-corrected chi connectivity index (χ2v) is 6.07. The number of hydrogen-bond acceptors (Lipinski definition) is 3. The Hall–Kier alpha value is -2.30. The fourth-order valence-electron chi connectivity index (χ4n) is 2.64. The number of rotatable bonds is 9. The molecule has 0 saturated heterocycles. The fraction of sp³-hybridized carbons (Fsp3) is 0.474. The molecular weight excluding hydrogens is 304 g/mol. The number of aromatic nitrogens is 1. The standard InChI is InChI=1S/C19H26N2O3/c1-3-5-8-14(4-2)12-20-18(22)13-24-19(23)17-11-15-9-6-7-10-16(15)21-17/h6-7,9-11,14,21H,3-5,8,12-13H2,1-2H3,(H,20,22)/t14-/m1/s1. The molecule has 0 unspecified atom stereocenters. The normalized spacial score (nSPS) is 12.1. The summed E-state index contributed by atoms with van der Waals surface area (Å²) in [4.78, 5) is 26.9. The molecule has 1 amide bonds. The van der Waals surface area contributed by atoms with E-state index in [-0.39, 0.29) is 12.5 Å². The molecule has 2 rings (SSSR count). The Kier molecular flexibility index (Phi) is 6.85. The van der Waals surface area contributed by atoms with E-state index in [2.05, 4.69) is 24.1 Å². The number of hydrogen-bond donors (Lipinski definition) is 2. The average molecular weight is 330 g/mol. The maximum Gasteiger partial charge on any atom is 0.355 e. The zero-order valence-corrected chi connectivity index (χ0v) is 14.4. The number of aromatic amines is 1. The summed E-state index contributed by atoms with van der Waals surface area (Å²) in [6.45, 7) is 4.68. The van der Waals surface area contributed by atoms with Crippen molar-refractivity contribution in [2.45, 2.75) is 39.5 Å². The van der Waals surface area contributed by atoms with Crippen molar-refractivity contribution in [1.29, 1.82) is 0 Å². The lowest BCUT2D eigenvalue weighted by molar-refractivity contribution is -0.124. The van der Waals surface area contributed by atoms with E-state index in [1.165, 1.54) is 6.42 Å². The van der Waals surface area contributed by atoms with Crippen molar-refractivity contribution in [3.63, 3.8) is 0 Å². The van der Waals surface area contributed by atoms with E-state index >= 15 is 0 Å². The molecule has 1 atom stereocenters. The summed E-state index contributed by atoms with van der Waals surface area (Å²) in [5.74, 6) is -0.285. The van der Waals surface area contributed by atoms with Gasteiger partial charge in [0.1, 0.15) is 5.69 Å². The maximum absolute atomic E-state index is 12.0. The molecule has 2 N–H and O–H groups in total. The molecule has 1 aromatic carbocycles. The molecule has 0 aliphatic heterocycles. The summed E-state index contributed by atoms with van der Waals surface area (Å²) >= 11 is 0. The van der Waals surface area contributed by atoms with E-state index in [1.807, 2.05) is 24.3 Å². The first-order chi connectivity index (χ1) is 11.6. The quantitative estimate of drug-likeness (QED) is 0.689. The highest BCUT2D eigenvalue weighted by atomic mass is 16.5. The first-order valence-corrected chi connectivity index (χ1v) is 8.65. The van der Waals surface area contributed by atoms with E-state index in [9.17, 15) is 9.59 Å². The third kappa shape index (κ3) is 5.11. The monoisotopic (exact) mass is 330 g/mol. The summed E-state index contributed by atoms with van der Waals surface area (Å²) in [6, 6.07) is 9.33. The molecule has 0 fully saturated rings. The van der Waals surface area contributed by atoms with Crippen molar-refractivity contribution in [3.8, 4) is 0 Å². The van der Waals surface area contributed by atoms with Crippen LogP contribution in [-0.4, -0.2) is 30.0 Å². The average Bonchev–Trinajstić information content (AvgIpc) is 3.04. The van der Waals surface area contributed by atoms with E-state index < -0.39 is 5.97 Å². The number of nitrogens with one attached hydrogen (secondary N) is 2. The number of unbranched alkanes of at least 4 members (excludes halogenated alkanes) is 1. The minimum Gasteiger partial charge on any atom is -0.451 e. The highest BCUT2D eigenvalue weighted by Crippen LogP contribution is 2.15. The van der Waals surface area contributed by atoms with Gasteiger partial charge in [-0.25, -0.2) is 4.79 Å². The Bertz CT molecular complexity index is 645. The predicted molar refractivity (Wildman–Crippen MR) is 94.9 cm³/mol. The van der Waals surface area contributed by atoms with E-state index in [1.54, 1.807) is 6.07 Å². The van der Waals surface area contributed by atoms with Gasteiger partial charge in [0.25, 0.3) is 5.91 Å². The van der Waals surface area contributed by atoms with Gasteiger partial charge in [0.15, 0.2) is 6.61 Å². The molecule has 130 valence electrons. The lowest BCUT2D eigenvalue weighted by Crippen LogP contribution is -2.32. The van der Waals surface area contributed by atoms with Crippen LogP contribution in [0.5, 0.6) is 0 Å². The Morgan fingerprint density at radius 2 is 2.04 bits per heavy atom. The van der Waals surface area contributed by atoms with Crippen LogP contribution >= 0.6 is 0 Å². The van der Waals surface area contributed by atoms with Crippen molar-refractivity contribution in [3.05, 3.63) is 36.0 Å². The molecule has 5 nitrogen and oxygen atoms in total. The van der Waals surface area contributed by atoms with E-state index in [4.69, 9.17) is 4.74 Å². The number of esters is 1. The second kappa shape index (κ2) is 9.11. The number of benzene rings is 1. The summed E-state index contributed by atoms with van der Waals surface area (Å²) in [7, 11) is 0. The topological polar surface area (TPSA) is 71.2 Å². The van der Waals surface area contributed by atoms with Crippen LogP contribution in [0.25, 0.3) is 10.9 Å². The number of carbonyl (C=O) groups is 2. The molecular formula is C19H26N2O3. The van der Waals surface area contributed by atoms with Crippen LogP contribution < -0.4 is 5.32 Å². The zero-order chi connectivity index (χ0) is 17.4. The Balaban J connectivity index is 1.77. The Morgan fingerprint density at radius 3 is 2.75 bits per heavy atom. The number of amides is 1. The minimum absolute atomic E-state index is 0.252. The highest BCUT2D eigenvalue weighted by Gasteiger charge is 2.14. The molecule has 2 aromatic rings. The lowest BCUT2D eigenvalue weighted by Gasteiger charge is -2.15. The molecule has 5 heteroatoms. The van der Waals surface area contributed by atoms with Gasteiger partial charge in [0, 0.05) is 17.4 Å². The van der Waals surface area contributed by atoms with Gasteiger partial charge >= 0.3 is 5.97 Å². The van der Waals surface area contributed by atoms with Crippen LogP contribution in [0.3, 0.4) is 0 Å². The third-order valence-corrected chi connectivity index (χ3v) is 4.22. The molecule has 0 saturated carbocycles. The number of ether oxygens (including phenoxy) is 1. The number of para-hydroxylation sites is 1. The van der Waals surface area contributed by atoms with Crippen molar-refractivity contribution in [2.24, 2.45) is 5.92 Å². The summed E-state index contributed by atoms with van der Waals surface area (Å²) in [6.07, 6.45) is 4.48. The number of carbonyl (C=O) groups excluding carboxylic acids is 2. The van der Waals surface area contributed by atoms with Gasteiger partial charge in [0.05, 0.1) is 0 Å². The van der Waals surface area contributed by atoms with Crippen LogP contribution in [0.2, 0.25) is 0 Å². The van der Waals surface area contributed by atoms with E-state index in [0.717, 1.165) is 30.2 Å². The number of fused-ring (bicyclic) bond motifs is 1. The third-order valence-electron chi connectivity index (χ3n) is 4.22.